The Balaban J connectivity index is 2.68. The van der Waals surface area contributed by atoms with Gasteiger partial charge in [0.25, 0.3) is 0 Å². The lowest BCUT2D eigenvalue weighted by Crippen LogP contribution is -2.22. The highest BCUT2D eigenvalue weighted by Gasteiger charge is 2.27. The number of halogens is 3. The van der Waals surface area contributed by atoms with Crippen LogP contribution in [0.4, 0.5) is 13.2 Å². The van der Waals surface area contributed by atoms with Crippen molar-refractivity contribution in [2.75, 3.05) is 13.7 Å². The summed E-state index contributed by atoms with van der Waals surface area (Å²) < 4.78 is 46.0. The number of alkyl halides is 3. The molecule has 0 spiro atoms. The van der Waals surface area contributed by atoms with E-state index in [1.807, 2.05) is 19.9 Å². The van der Waals surface area contributed by atoms with E-state index in [0.717, 1.165) is 5.56 Å². The Kier molecular flexibility index (Phi) is 6.29. The Morgan fingerprint density at radius 1 is 1.25 bits per heavy atom. The fourth-order valence-electron chi connectivity index (χ4n) is 1.65. The summed E-state index contributed by atoms with van der Waals surface area (Å²) in [6.45, 7) is 3.31. The van der Waals surface area contributed by atoms with Crippen LogP contribution in [0.5, 0.6) is 5.75 Å². The molecular weight excluding hydrogens is 271 g/mol. The zero-order chi connectivity index (χ0) is 15.2. The molecule has 0 heterocycles. The minimum Gasteiger partial charge on any atom is -0.496 e. The highest BCUT2D eigenvalue weighted by Crippen LogP contribution is 2.22. The molecule has 0 unspecified atom stereocenters. The van der Waals surface area contributed by atoms with Crippen LogP contribution in [0.25, 0.3) is 0 Å². The molecule has 0 aromatic heterocycles. The number of hydrogen-bond donors (Lipinski definition) is 1. The van der Waals surface area contributed by atoms with E-state index in [4.69, 9.17) is 4.74 Å². The molecule has 114 valence electrons. The van der Waals surface area contributed by atoms with Crippen molar-refractivity contribution in [3.63, 3.8) is 0 Å². The summed E-state index contributed by atoms with van der Waals surface area (Å²) in [5, 5.41) is 3.25. The van der Waals surface area contributed by atoms with Gasteiger partial charge in [-0.05, 0) is 17.7 Å². The summed E-state index contributed by atoms with van der Waals surface area (Å²) >= 11 is 0. The van der Waals surface area contributed by atoms with Crippen LogP contribution < -0.4 is 10.1 Å². The molecule has 3 nitrogen and oxygen atoms in total. The second kappa shape index (κ2) is 7.50. The molecule has 0 saturated carbocycles. The van der Waals surface area contributed by atoms with Crippen molar-refractivity contribution >= 4 is 0 Å². The third kappa shape index (κ3) is 6.25. The lowest BCUT2D eigenvalue weighted by atomic mass is 10.1. The molecule has 0 aliphatic carbocycles. The van der Waals surface area contributed by atoms with Crippen molar-refractivity contribution in [1.82, 2.24) is 5.32 Å². The SMILES string of the molecule is COc1ccc(CNC(C)C)cc1COCC(F)(F)F. The van der Waals surface area contributed by atoms with Gasteiger partial charge in [-0.1, -0.05) is 19.9 Å². The lowest BCUT2D eigenvalue weighted by molar-refractivity contribution is -0.176. The molecule has 6 heteroatoms. The molecule has 0 radical (unpaired) electrons. The van der Waals surface area contributed by atoms with Crippen molar-refractivity contribution in [2.24, 2.45) is 0 Å². The van der Waals surface area contributed by atoms with Crippen LogP contribution in [0.2, 0.25) is 0 Å². The molecule has 1 aromatic rings. The maximum Gasteiger partial charge on any atom is 0.411 e. The Morgan fingerprint density at radius 3 is 2.50 bits per heavy atom. The highest BCUT2D eigenvalue weighted by atomic mass is 19.4. The van der Waals surface area contributed by atoms with Gasteiger partial charge in [-0.2, -0.15) is 13.2 Å². The summed E-state index contributed by atoms with van der Waals surface area (Å²) in [6.07, 6.45) is -4.32. The Morgan fingerprint density at radius 2 is 1.95 bits per heavy atom. The molecule has 1 aromatic carbocycles. The quantitative estimate of drug-likeness (QED) is 0.836. The smallest absolute Gasteiger partial charge is 0.411 e. The first-order chi connectivity index (χ1) is 9.31. The summed E-state index contributed by atoms with van der Waals surface area (Å²) in [7, 11) is 1.48. The second-order valence-corrected chi connectivity index (χ2v) is 4.79. The molecule has 20 heavy (non-hydrogen) atoms. The van der Waals surface area contributed by atoms with E-state index in [2.05, 4.69) is 10.1 Å². The minimum absolute atomic E-state index is 0.127. The Bertz CT molecular complexity index is 419. The van der Waals surface area contributed by atoms with E-state index < -0.39 is 12.8 Å². The molecule has 0 aliphatic heterocycles. The lowest BCUT2D eigenvalue weighted by Gasteiger charge is -2.13. The maximum atomic E-state index is 12.1. The normalized spacial score (nSPS) is 11.9. The van der Waals surface area contributed by atoms with Crippen molar-refractivity contribution in [1.29, 1.82) is 0 Å². The third-order valence-corrected chi connectivity index (χ3v) is 2.58. The zero-order valence-electron chi connectivity index (χ0n) is 11.9. The van der Waals surface area contributed by atoms with Gasteiger partial charge in [0.05, 0.1) is 13.7 Å². The Labute approximate surface area is 117 Å². The van der Waals surface area contributed by atoms with Crippen LogP contribution in [-0.4, -0.2) is 25.9 Å². The second-order valence-electron chi connectivity index (χ2n) is 4.79. The summed E-state index contributed by atoms with van der Waals surface area (Å²) in [5.41, 5.74) is 1.59. The van der Waals surface area contributed by atoms with Gasteiger partial charge < -0.3 is 14.8 Å². The Hall–Kier alpha value is -1.27. The van der Waals surface area contributed by atoms with Gasteiger partial charge in [0.1, 0.15) is 12.4 Å². The minimum atomic E-state index is -4.32. The number of benzene rings is 1. The van der Waals surface area contributed by atoms with Crippen LogP contribution in [0.3, 0.4) is 0 Å². The van der Waals surface area contributed by atoms with Crippen LogP contribution in [0.15, 0.2) is 18.2 Å². The average molecular weight is 291 g/mol. The summed E-state index contributed by atoms with van der Waals surface area (Å²) in [4.78, 5) is 0. The molecule has 0 atom stereocenters. The standard InChI is InChI=1S/C14H20F3NO2/c1-10(2)18-7-11-4-5-13(19-3)12(6-11)8-20-9-14(15,16)17/h4-6,10,18H,7-9H2,1-3H3. The van der Waals surface area contributed by atoms with E-state index in [0.29, 0.717) is 23.9 Å². The number of hydrogen-bond acceptors (Lipinski definition) is 3. The largest absolute Gasteiger partial charge is 0.496 e. The molecule has 0 aliphatic rings. The molecule has 1 N–H and O–H groups in total. The highest BCUT2D eigenvalue weighted by molar-refractivity contribution is 5.36. The first-order valence-corrected chi connectivity index (χ1v) is 6.35. The van der Waals surface area contributed by atoms with E-state index in [-0.39, 0.29) is 6.61 Å². The maximum absolute atomic E-state index is 12.1. The third-order valence-electron chi connectivity index (χ3n) is 2.58. The van der Waals surface area contributed by atoms with Gasteiger partial charge in [-0.3, -0.25) is 0 Å². The van der Waals surface area contributed by atoms with Crippen LogP contribution in [-0.2, 0) is 17.9 Å². The molecule has 0 saturated heterocycles. The number of ether oxygens (including phenoxy) is 2. The van der Waals surface area contributed by atoms with Gasteiger partial charge in [0.2, 0.25) is 0 Å². The van der Waals surface area contributed by atoms with Crippen LogP contribution in [0, 0.1) is 0 Å². The van der Waals surface area contributed by atoms with Crippen molar-refractivity contribution in [3.05, 3.63) is 29.3 Å². The first-order valence-electron chi connectivity index (χ1n) is 6.35. The van der Waals surface area contributed by atoms with E-state index in [1.165, 1.54) is 7.11 Å². The van der Waals surface area contributed by atoms with Crippen molar-refractivity contribution in [2.45, 2.75) is 39.2 Å². The number of methoxy groups -OCH3 is 1. The summed E-state index contributed by atoms with van der Waals surface area (Å²) in [6, 6.07) is 5.75. The summed E-state index contributed by atoms with van der Waals surface area (Å²) in [5.74, 6) is 0.528. The van der Waals surface area contributed by atoms with Gasteiger partial charge in [-0.15, -0.1) is 0 Å². The van der Waals surface area contributed by atoms with Gasteiger partial charge in [0.15, 0.2) is 0 Å². The fraction of sp³-hybridized carbons (Fsp3) is 0.571. The van der Waals surface area contributed by atoms with Crippen LogP contribution in [0.1, 0.15) is 25.0 Å². The molecule has 1 rings (SSSR count). The molecule has 0 amide bonds. The van der Waals surface area contributed by atoms with Gasteiger partial charge >= 0.3 is 6.18 Å². The fourth-order valence-corrected chi connectivity index (χ4v) is 1.65. The van der Waals surface area contributed by atoms with Crippen molar-refractivity contribution < 1.29 is 22.6 Å². The van der Waals surface area contributed by atoms with Gasteiger partial charge in [0, 0.05) is 18.2 Å². The predicted molar refractivity (Wildman–Crippen MR) is 70.7 cm³/mol. The molecule has 0 fully saturated rings. The monoisotopic (exact) mass is 291 g/mol. The van der Waals surface area contributed by atoms with E-state index in [1.54, 1.807) is 12.1 Å². The first kappa shape index (κ1) is 16.8. The topological polar surface area (TPSA) is 30.5 Å². The molecule has 0 bridgehead atoms. The zero-order valence-corrected chi connectivity index (χ0v) is 11.9. The van der Waals surface area contributed by atoms with E-state index >= 15 is 0 Å². The number of nitrogens with one attached hydrogen (secondary N) is 1. The van der Waals surface area contributed by atoms with Crippen molar-refractivity contribution in [3.8, 4) is 5.75 Å². The number of rotatable bonds is 7. The average Bonchev–Trinajstić information content (AvgIpc) is 2.35. The van der Waals surface area contributed by atoms with Crippen LogP contribution >= 0.6 is 0 Å². The van der Waals surface area contributed by atoms with E-state index in [9.17, 15) is 13.2 Å². The van der Waals surface area contributed by atoms with Gasteiger partial charge in [-0.25, -0.2) is 0 Å². The molecular formula is C14H20F3NO2. The predicted octanol–water partition coefficient (Wildman–Crippen LogP) is 3.27.